The number of hydrogen-bond acceptors (Lipinski definition) is 3. The van der Waals surface area contributed by atoms with Gasteiger partial charge in [0.2, 0.25) is 0 Å². The van der Waals surface area contributed by atoms with Crippen LogP contribution in [0.15, 0.2) is 29.3 Å². The van der Waals surface area contributed by atoms with Crippen LogP contribution in [0.3, 0.4) is 0 Å². The minimum Gasteiger partial charge on any atom is -0.489 e. The highest BCUT2D eigenvalue weighted by Crippen LogP contribution is 2.31. The number of aryl methyl sites for hydroxylation is 1. The van der Waals surface area contributed by atoms with Crippen molar-refractivity contribution >= 4 is 5.96 Å². The number of ether oxygens (including phenoxy) is 1. The zero-order chi connectivity index (χ0) is 16.7. The number of guanidine groups is 1. The van der Waals surface area contributed by atoms with E-state index in [0.717, 1.165) is 43.1 Å². The molecule has 128 valence electrons. The second kappa shape index (κ2) is 8.20. The zero-order valence-corrected chi connectivity index (χ0v) is 14.4. The Morgan fingerprint density at radius 1 is 1.35 bits per heavy atom. The van der Waals surface area contributed by atoms with E-state index in [1.807, 2.05) is 45.0 Å². The van der Waals surface area contributed by atoms with Crippen molar-refractivity contribution in [3.63, 3.8) is 0 Å². The van der Waals surface area contributed by atoms with Gasteiger partial charge in [-0.1, -0.05) is 18.2 Å². The molecular weight excluding hydrogens is 290 g/mol. The number of aliphatic imine (C=N–C) groups is 1. The van der Waals surface area contributed by atoms with Crippen molar-refractivity contribution in [3.05, 3.63) is 29.8 Å². The normalized spacial score (nSPS) is 18.0. The van der Waals surface area contributed by atoms with Crippen LogP contribution in [0.4, 0.5) is 0 Å². The van der Waals surface area contributed by atoms with Gasteiger partial charge in [0.25, 0.3) is 0 Å². The molecule has 0 saturated heterocycles. The van der Waals surface area contributed by atoms with Gasteiger partial charge in [-0.3, -0.25) is 4.99 Å². The molecule has 5 nitrogen and oxygen atoms in total. The van der Waals surface area contributed by atoms with Gasteiger partial charge < -0.3 is 20.5 Å². The molecule has 3 N–H and O–H groups in total. The first-order valence-electron chi connectivity index (χ1n) is 8.49. The Morgan fingerprint density at radius 2 is 2.09 bits per heavy atom. The fourth-order valence-electron chi connectivity index (χ4n) is 2.50. The van der Waals surface area contributed by atoms with Crippen LogP contribution in [-0.2, 0) is 0 Å². The lowest BCUT2D eigenvalue weighted by Gasteiger charge is -2.35. The van der Waals surface area contributed by atoms with E-state index in [9.17, 15) is 5.11 Å². The average molecular weight is 319 g/mol. The summed E-state index contributed by atoms with van der Waals surface area (Å²) in [6.45, 7) is 8.00. The molecule has 1 unspecified atom stereocenters. The topological polar surface area (TPSA) is 65.9 Å². The van der Waals surface area contributed by atoms with Crippen molar-refractivity contribution in [1.82, 2.24) is 10.6 Å². The van der Waals surface area contributed by atoms with Gasteiger partial charge in [-0.25, -0.2) is 0 Å². The molecule has 0 bridgehead atoms. The van der Waals surface area contributed by atoms with Crippen LogP contribution < -0.4 is 15.4 Å². The number of para-hydroxylation sites is 1. The van der Waals surface area contributed by atoms with Crippen molar-refractivity contribution in [2.75, 3.05) is 19.6 Å². The fraction of sp³-hybridized carbons (Fsp3) is 0.611. The Hall–Kier alpha value is -1.75. The van der Waals surface area contributed by atoms with Gasteiger partial charge >= 0.3 is 0 Å². The summed E-state index contributed by atoms with van der Waals surface area (Å²) in [5, 5.41) is 16.6. The van der Waals surface area contributed by atoms with Crippen molar-refractivity contribution in [2.24, 2.45) is 4.99 Å². The SMILES string of the molecule is CCNC(=NCC1(O)CCC1)NCC(C)Oc1ccccc1C. The second-order valence-electron chi connectivity index (χ2n) is 6.35. The maximum atomic E-state index is 10.1. The van der Waals surface area contributed by atoms with Crippen molar-refractivity contribution in [1.29, 1.82) is 0 Å². The highest BCUT2D eigenvalue weighted by molar-refractivity contribution is 5.79. The predicted octanol–water partition coefficient (Wildman–Crippen LogP) is 2.23. The smallest absolute Gasteiger partial charge is 0.191 e. The fourth-order valence-corrected chi connectivity index (χ4v) is 2.50. The predicted molar refractivity (Wildman–Crippen MR) is 94.1 cm³/mol. The summed E-state index contributed by atoms with van der Waals surface area (Å²) >= 11 is 0. The van der Waals surface area contributed by atoms with Gasteiger partial charge in [-0.05, 0) is 51.7 Å². The molecule has 1 aromatic rings. The minimum absolute atomic E-state index is 0.0201. The lowest BCUT2D eigenvalue weighted by atomic mass is 9.80. The molecule has 23 heavy (non-hydrogen) atoms. The molecule has 0 spiro atoms. The van der Waals surface area contributed by atoms with Crippen molar-refractivity contribution < 1.29 is 9.84 Å². The largest absolute Gasteiger partial charge is 0.489 e. The van der Waals surface area contributed by atoms with E-state index in [1.165, 1.54) is 0 Å². The number of nitrogens with one attached hydrogen (secondary N) is 2. The van der Waals surface area contributed by atoms with Crippen LogP contribution in [0.25, 0.3) is 0 Å². The summed E-state index contributed by atoms with van der Waals surface area (Å²) < 4.78 is 5.96. The third-order valence-electron chi connectivity index (χ3n) is 4.14. The first-order chi connectivity index (χ1) is 11.0. The molecule has 0 heterocycles. The third kappa shape index (κ3) is 5.43. The highest BCUT2D eigenvalue weighted by Gasteiger charge is 2.34. The van der Waals surface area contributed by atoms with E-state index in [1.54, 1.807) is 0 Å². The monoisotopic (exact) mass is 319 g/mol. The van der Waals surface area contributed by atoms with Crippen LogP contribution in [0.1, 0.15) is 38.7 Å². The van der Waals surface area contributed by atoms with Gasteiger partial charge in [0.15, 0.2) is 5.96 Å². The average Bonchev–Trinajstić information content (AvgIpc) is 2.50. The minimum atomic E-state index is -0.592. The van der Waals surface area contributed by atoms with E-state index in [2.05, 4.69) is 15.6 Å². The lowest BCUT2D eigenvalue weighted by molar-refractivity contribution is -0.0236. The van der Waals surface area contributed by atoms with E-state index in [-0.39, 0.29) is 6.10 Å². The Bertz CT molecular complexity index is 527. The van der Waals surface area contributed by atoms with Crippen LogP contribution >= 0.6 is 0 Å². The summed E-state index contributed by atoms with van der Waals surface area (Å²) in [5.41, 5.74) is 0.540. The molecule has 0 aromatic heterocycles. The van der Waals surface area contributed by atoms with Crippen LogP contribution in [-0.4, -0.2) is 42.4 Å². The summed E-state index contributed by atoms with van der Waals surface area (Å²) in [6, 6.07) is 8.01. The molecule has 1 aromatic carbocycles. The second-order valence-corrected chi connectivity index (χ2v) is 6.35. The number of benzene rings is 1. The summed E-state index contributed by atoms with van der Waals surface area (Å²) in [6.07, 6.45) is 2.81. The van der Waals surface area contributed by atoms with Crippen molar-refractivity contribution in [2.45, 2.75) is 51.7 Å². The Balaban J connectivity index is 1.82. The molecule has 5 heteroatoms. The van der Waals surface area contributed by atoms with Gasteiger partial charge in [0.05, 0.1) is 18.7 Å². The first kappa shape index (κ1) is 17.6. The quantitative estimate of drug-likeness (QED) is 0.533. The molecule has 0 aliphatic heterocycles. The molecule has 0 radical (unpaired) electrons. The summed E-state index contributed by atoms with van der Waals surface area (Å²) in [7, 11) is 0. The molecule has 1 saturated carbocycles. The van der Waals surface area contributed by atoms with E-state index in [4.69, 9.17) is 4.74 Å². The van der Waals surface area contributed by atoms with Gasteiger partial charge in [-0.15, -0.1) is 0 Å². The third-order valence-corrected chi connectivity index (χ3v) is 4.14. The molecule has 1 fully saturated rings. The number of nitrogens with zero attached hydrogens (tertiary/aromatic N) is 1. The maximum Gasteiger partial charge on any atom is 0.191 e. The standard InChI is InChI=1S/C18H29N3O2/c1-4-19-17(21-13-18(22)10-7-11-18)20-12-15(3)23-16-9-6-5-8-14(16)2/h5-6,8-9,15,22H,4,7,10-13H2,1-3H3,(H2,19,20,21). The number of hydrogen-bond donors (Lipinski definition) is 3. The summed E-state index contributed by atoms with van der Waals surface area (Å²) in [4.78, 5) is 4.49. The maximum absolute atomic E-state index is 10.1. The van der Waals surface area contributed by atoms with Crippen LogP contribution in [0, 0.1) is 6.92 Å². The van der Waals surface area contributed by atoms with Gasteiger partial charge in [0.1, 0.15) is 11.9 Å². The molecule has 1 atom stereocenters. The van der Waals surface area contributed by atoms with Crippen molar-refractivity contribution in [3.8, 4) is 5.75 Å². The molecule has 1 aliphatic rings. The first-order valence-corrected chi connectivity index (χ1v) is 8.49. The van der Waals surface area contributed by atoms with Gasteiger partial charge in [-0.2, -0.15) is 0 Å². The van der Waals surface area contributed by atoms with Gasteiger partial charge in [0, 0.05) is 6.54 Å². The van der Waals surface area contributed by atoms with Crippen LogP contribution in [0.5, 0.6) is 5.75 Å². The Morgan fingerprint density at radius 3 is 2.70 bits per heavy atom. The Kier molecular flexibility index (Phi) is 6.28. The van der Waals surface area contributed by atoms with E-state index < -0.39 is 5.60 Å². The number of rotatable bonds is 7. The zero-order valence-electron chi connectivity index (χ0n) is 14.4. The molecule has 1 aliphatic carbocycles. The molecular formula is C18H29N3O2. The molecule has 2 rings (SSSR count). The Labute approximate surface area is 139 Å². The highest BCUT2D eigenvalue weighted by atomic mass is 16.5. The van der Waals surface area contributed by atoms with E-state index in [0.29, 0.717) is 13.1 Å². The summed E-state index contributed by atoms with van der Waals surface area (Å²) in [5.74, 6) is 1.64. The lowest BCUT2D eigenvalue weighted by Crippen LogP contribution is -2.45. The van der Waals surface area contributed by atoms with Crippen LogP contribution in [0.2, 0.25) is 0 Å². The molecule has 0 amide bonds. The van der Waals surface area contributed by atoms with E-state index >= 15 is 0 Å². The number of aliphatic hydroxyl groups is 1.